The molecule has 2 aromatic rings. The summed E-state index contributed by atoms with van der Waals surface area (Å²) in [5.41, 5.74) is 2.70. The highest BCUT2D eigenvalue weighted by Gasteiger charge is 2.21. The van der Waals surface area contributed by atoms with E-state index in [9.17, 15) is 4.79 Å². The van der Waals surface area contributed by atoms with Crippen LogP contribution < -0.4 is 5.32 Å². The second kappa shape index (κ2) is 5.95. The van der Waals surface area contributed by atoms with Gasteiger partial charge in [0.2, 0.25) is 0 Å². The van der Waals surface area contributed by atoms with Crippen LogP contribution in [0.15, 0.2) is 29.6 Å². The van der Waals surface area contributed by atoms with E-state index in [0.29, 0.717) is 6.04 Å². The van der Waals surface area contributed by atoms with Gasteiger partial charge in [-0.3, -0.25) is 4.79 Å². The summed E-state index contributed by atoms with van der Waals surface area (Å²) < 4.78 is 0. The quantitative estimate of drug-likeness (QED) is 0.927. The summed E-state index contributed by atoms with van der Waals surface area (Å²) in [6, 6.07) is 8.13. The summed E-state index contributed by atoms with van der Waals surface area (Å²) in [5, 5.41) is 6.43. The molecular weight excluding hydrogens is 282 g/mol. The number of nitrogens with one attached hydrogen (secondary N) is 1. The fourth-order valence-electron chi connectivity index (χ4n) is 2.61. The van der Waals surface area contributed by atoms with Crippen molar-refractivity contribution in [3.63, 3.8) is 0 Å². The molecule has 3 rings (SSSR count). The molecule has 1 aliphatic heterocycles. The molecule has 0 unspecified atom stereocenters. The van der Waals surface area contributed by atoms with Crippen molar-refractivity contribution < 1.29 is 4.79 Å². The lowest BCUT2D eigenvalue weighted by Gasteiger charge is -2.32. The Balaban J connectivity index is 1.84. The Morgan fingerprint density at radius 2 is 2.33 bits per heavy atom. The standard InChI is InChI=1S/C16H19N3OS/c1-11-9-19(7-6-17-11)16(20)14-5-3-4-13(8-14)15-10-21-12(2)18-15/h3-5,8,10-11,17H,6-7,9H2,1-2H3/t11-/m0/s1. The van der Waals surface area contributed by atoms with Gasteiger partial charge in [0, 0.05) is 42.2 Å². The first-order chi connectivity index (χ1) is 10.1. The number of thiazole rings is 1. The van der Waals surface area contributed by atoms with Gasteiger partial charge in [-0.05, 0) is 26.0 Å². The number of carbonyl (C=O) groups excluding carboxylic acids is 1. The first-order valence-electron chi connectivity index (χ1n) is 7.19. The van der Waals surface area contributed by atoms with Crippen LogP contribution in [0.3, 0.4) is 0 Å². The van der Waals surface area contributed by atoms with Gasteiger partial charge in [0.25, 0.3) is 5.91 Å². The molecule has 0 radical (unpaired) electrons. The molecule has 21 heavy (non-hydrogen) atoms. The van der Waals surface area contributed by atoms with Crippen molar-refractivity contribution in [2.45, 2.75) is 19.9 Å². The summed E-state index contributed by atoms with van der Waals surface area (Å²) in [4.78, 5) is 19.0. The average molecular weight is 301 g/mol. The van der Waals surface area contributed by atoms with Crippen molar-refractivity contribution in [2.24, 2.45) is 0 Å². The first-order valence-corrected chi connectivity index (χ1v) is 8.06. The van der Waals surface area contributed by atoms with E-state index in [1.165, 1.54) is 0 Å². The van der Waals surface area contributed by atoms with Crippen LogP contribution in [0.4, 0.5) is 0 Å². The fraction of sp³-hybridized carbons (Fsp3) is 0.375. The number of benzene rings is 1. The van der Waals surface area contributed by atoms with Crippen LogP contribution in [0, 0.1) is 6.92 Å². The van der Waals surface area contributed by atoms with E-state index in [4.69, 9.17) is 0 Å². The van der Waals surface area contributed by atoms with Crippen LogP contribution in [-0.2, 0) is 0 Å². The van der Waals surface area contributed by atoms with Crippen LogP contribution in [0.5, 0.6) is 0 Å². The Kier molecular flexibility index (Phi) is 4.03. The second-order valence-electron chi connectivity index (χ2n) is 5.44. The van der Waals surface area contributed by atoms with Crippen LogP contribution in [0.2, 0.25) is 0 Å². The van der Waals surface area contributed by atoms with Gasteiger partial charge in [-0.2, -0.15) is 0 Å². The minimum atomic E-state index is 0.108. The van der Waals surface area contributed by atoms with Gasteiger partial charge in [-0.1, -0.05) is 12.1 Å². The second-order valence-corrected chi connectivity index (χ2v) is 6.50. The number of carbonyl (C=O) groups is 1. The molecular formula is C16H19N3OS. The monoisotopic (exact) mass is 301 g/mol. The molecule has 1 atom stereocenters. The number of hydrogen-bond acceptors (Lipinski definition) is 4. The molecule has 1 N–H and O–H groups in total. The summed E-state index contributed by atoms with van der Waals surface area (Å²) in [6.07, 6.45) is 0. The fourth-order valence-corrected chi connectivity index (χ4v) is 3.23. The largest absolute Gasteiger partial charge is 0.336 e. The van der Waals surface area contributed by atoms with Gasteiger partial charge < -0.3 is 10.2 Å². The molecule has 1 aromatic heterocycles. The first kappa shape index (κ1) is 14.2. The maximum absolute atomic E-state index is 12.6. The predicted octanol–water partition coefficient (Wildman–Crippen LogP) is 2.55. The zero-order valence-electron chi connectivity index (χ0n) is 12.3. The van der Waals surface area contributed by atoms with Crippen molar-refractivity contribution in [2.75, 3.05) is 19.6 Å². The van der Waals surface area contributed by atoms with Crippen molar-refractivity contribution in [3.05, 3.63) is 40.2 Å². The molecule has 1 amide bonds. The SMILES string of the molecule is Cc1nc(-c2cccc(C(=O)N3CCN[C@@H](C)C3)c2)cs1. The summed E-state index contributed by atoms with van der Waals surface area (Å²) >= 11 is 1.63. The third-order valence-corrected chi connectivity index (χ3v) is 4.45. The molecule has 0 bridgehead atoms. The Bertz CT molecular complexity index is 652. The van der Waals surface area contributed by atoms with E-state index in [1.54, 1.807) is 11.3 Å². The molecule has 110 valence electrons. The van der Waals surface area contributed by atoms with Crippen LogP contribution in [0.1, 0.15) is 22.3 Å². The highest BCUT2D eigenvalue weighted by atomic mass is 32.1. The van der Waals surface area contributed by atoms with E-state index in [0.717, 1.165) is 41.5 Å². The molecule has 2 heterocycles. The molecule has 1 aliphatic rings. The lowest BCUT2D eigenvalue weighted by Crippen LogP contribution is -2.51. The highest BCUT2D eigenvalue weighted by Crippen LogP contribution is 2.23. The third kappa shape index (κ3) is 3.14. The number of aryl methyl sites for hydroxylation is 1. The van der Waals surface area contributed by atoms with Crippen molar-refractivity contribution in [3.8, 4) is 11.3 Å². The number of piperazine rings is 1. The summed E-state index contributed by atoms with van der Waals surface area (Å²) in [6.45, 7) is 6.49. The van der Waals surface area contributed by atoms with E-state index < -0.39 is 0 Å². The van der Waals surface area contributed by atoms with Gasteiger partial charge in [-0.25, -0.2) is 4.98 Å². The van der Waals surface area contributed by atoms with Gasteiger partial charge in [0.1, 0.15) is 0 Å². The number of hydrogen-bond donors (Lipinski definition) is 1. The number of amides is 1. The zero-order valence-corrected chi connectivity index (χ0v) is 13.1. The molecule has 1 fully saturated rings. The molecule has 0 aliphatic carbocycles. The van der Waals surface area contributed by atoms with E-state index >= 15 is 0 Å². The average Bonchev–Trinajstić information content (AvgIpc) is 2.93. The summed E-state index contributed by atoms with van der Waals surface area (Å²) in [5.74, 6) is 0.108. The Morgan fingerprint density at radius 3 is 3.05 bits per heavy atom. The van der Waals surface area contributed by atoms with Gasteiger partial charge >= 0.3 is 0 Å². The lowest BCUT2D eigenvalue weighted by molar-refractivity contribution is 0.0709. The normalized spacial score (nSPS) is 18.8. The zero-order chi connectivity index (χ0) is 14.8. The predicted molar refractivity (Wildman–Crippen MR) is 85.7 cm³/mol. The summed E-state index contributed by atoms with van der Waals surface area (Å²) in [7, 11) is 0. The highest BCUT2D eigenvalue weighted by molar-refractivity contribution is 7.09. The molecule has 1 aromatic carbocycles. The lowest BCUT2D eigenvalue weighted by atomic mass is 10.1. The molecule has 0 saturated carbocycles. The van der Waals surface area contributed by atoms with Crippen LogP contribution in [0.25, 0.3) is 11.3 Å². The minimum Gasteiger partial charge on any atom is -0.336 e. The maximum atomic E-state index is 12.6. The van der Waals surface area contributed by atoms with E-state index in [-0.39, 0.29) is 5.91 Å². The topological polar surface area (TPSA) is 45.2 Å². The van der Waals surface area contributed by atoms with Crippen molar-refractivity contribution >= 4 is 17.2 Å². The molecule has 5 heteroatoms. The Morgan fingerprint density at radius 1 is 1.48 bits per heavy atom. The van der Waals surface area contributed by atoms with Gasteiger partial charge in [-0.15, -0.1) is 11.3 Å². The Hall–Kier alpha value is -1.72. The molecule has 4 nitrogen and oxygen atoms in total. The van der Waals surface area contributed by atoms with Crippen molar-refractivity contribution in [1.29, 1.82) is 0 Å². The number of nitrogens with zero attached hydrogens (tertiary/aromatic N) is 2. The third-order valence-electron chi connectivity index (χ3n) is 3.68. The van der Waals surface area contributed by atoms with Gasteiger partial charge in [0.05, 0.1) is 10.7 Å². The molecule has 0 spiro atoms. The maximum Gasteiger partial charge on any atom is 0.253 e. The van der Waals surface area contributed by atoms with E-state index in [2.05, 4.69) is 17.2 Å². The minimum absolute atomic E-state index is 0.108. The number of rotatable bonds is 2. The van der Waals surface area contributed by atoms with Gasteiger partial charge in [0.15, 0.2) is 0 Å². The van der Waals surface area contributed by atoms with Crippen LogP contribution in [-0.4, -0.2) is 41.5 Å². The van der Waals surface area contributed by atoms with E-state index in [1.807, 2.05) is 41.5 Å². The number of aromatic nitrogens is 1. The Labute approximate surface area is 128 Å². The van der Waals surface area contributed by atoms with Crippen molar-refractivity contribution in [1.82, 2.24) is 15.2 Å². The molecule has 1 saturated heterocycles. The van der Waals surface area contributed by atoms with Crippen LogP contribution >= 0.6 is 11.3 Å². The smallest absolute Gasteiger partial charge is 0.253 e.